The summed E-state index contributed by atoms with van der Waals surface area (Å²) in [7, 11) is 0. The van der Waals surface area contributed by atoms with Crippen molar-refractivity contribution in [2.75, 3.05) is 4.90 Å². The lowest BCUT2D eigenvalue weighted by atomic mass is 10.1. The number of hydrogen-bond acceptors (Lipinski definition) is 5. The highest BCUT2D eigenvalue weighted by Gasteiger charge is 2.20. The molecule has 0 spiro atoms. The second-order valence-electron chi connectivity index (χ2n) is 6.44. The van der Waals surface area contributed by atoms with Gasteiger partial charge in [-0.2, -0.15) is 0 Å². The summed E-state index contributed by atoms with van der Waals surface area (Å²) in [5, 5.41) is 1.48. The Kier molecular flexibility index (Phi) is 6.66. The molecule has 0 aromatic heterocycles. The Labute approximate surface area is 177 Å². The fraction of sp³-hybridized carbons (Fsp3) is 0.190. The van der Waals surface area contributed by atoms with Crippen molar-refractivity contribution in [2.45, 2.75) is 27.7 Å². The molecule has 0 N–H and O–H groups in total. The van der Waals surface area contributed by atoms with E-state index in [9.17, 15) is 19.2 Å². The maximum atomic E-state index is 11.8. The highest BCUT2D eigenvalue weighted by molar-refractivity contribution is 7.21. The van der Waals surface area contributed by atoms with Crippen molar-refractivity contribution < 1.29 is 31.6 Å². The van der Waals surface area contributed by atoms with Crippen LogP contribution in [0.3, 0.4) is 0 Å². The summed E-state index contributed by atoms with van der Waals surface area (Å²) in [6, 6.07) is 12.8. The van der Waals surface area contributed by atoms with Crippen molar-refractivity contribution in [1.29, 1.82) is 0 Å². The normalized spacial score (nSPS) is 10.3. The van der Waals surface area contributed by atoms with Crippen LogP contribution in [-0.2, 0) is 19.2 Å². The monoisotopic (exact) mass is 430 g/mol. The van der Waals surface area contributed by atoms with Crippen LogP contribution in [0.4, 0.5) is 5.69 Å². The molecule has 0 radical (unpaired) electrons. The van der Waals surface area contributed by atoms with Crippen molar-refractivity contribution in [1.82, 2.24) is 4.58 Å². The van der Waals surface area contributed by atoms with Crippen molar-refractivity contribution >= 4 is 50.7 Å². The molecule has 150 valence electrons. The molecule has 1 heterocycles. The number of amides is 4. The van der Waals surface area contributed by atoms with Gasteiger partial charge >= 0.3 is 11.8 Å². The van der Waals surface area contributed by atoms with Crippen LogP contribution in [0.1, 0.15) is 27.7 Å². The smallest absolute Gasteiger partial charge is 0.392 e. The maximum Gasteiger partial charge on any atom is 0.392 e. The summed E-state index contributed by atoms with van der Waals surface area (Å²) in [5.74, 6) is -1.39. The summed E-state index contributed by atoms with van der Waals surface area (Å²) < 4.78 is 2.01. The minimum absolute atomic E-state index is 0. The van der Waals surface area contributed by atoms with Gasteiger partial charge in [0, 0.05) is 35.6 Å². The molecule has 8 heteroatoms. The molecule has 1 aliphatic carbocycles. The number of benzene rings is 2. The number of carbonyl (C=O) groups excluding carboxylic acids is 4. The molecule has 0 bridgehead atoms. The first-order chi connectivity index (χ1) is 13.2. The predicted molar refractivity (Wildman–Crippen MR) is 109 cm³/mol. The SMILES string of the molecule is CC(=O)N(C(C)=O)c1ccc2cc3ccc(=[N+](C(C)=O)C(C)=O)cc-3sc2c1.[Cl-]. The quantitative estimate of drug-likeness (QED) is 0.395. The number of rotatable bonds is 1. The average molecular weight is 431 g/mol. The Hall–Kier alpha value is -2.90. The summed E-state index contributed by atoms with van der Waals surface area (Å²) in [4.78, 5) is 49.3. The third-order valence-electron chi connectivity index (χ3n) is 4.30. The molecule has 3 rings (SSSR count). The zero-order chi connectivity index (χ0) is 20.6. The lowest BCUT2D eigenvalue weighted by molar-refractivity contribution is -0.131. The molecule has 0 saturated heterocycles. The molecule has 1 aliphatic heterocycles. The first kappa shape index (κ1) is 22.4. The van der Waals surface area contributed by atoms with Gasteiger partial charge < -0.3 is 12.4 Å². The lowest BCUT2D eigenvalue weighted by Crippen LogP contribution is -3.00. The number of imide groups is 2. The molecule has 0 unspecified atom stereocenters. The highest BCUT2D eigenvalue weighted by Crippen LogP contribution is 2.34. The van der Waals surface area contributed by atoms with E-state index in [1.165, 1.54) is 39.0 Å². The van der Waals surface area contributed by atoms with Crippen LogP contribution in [-0.4, -0.2) is 23.6 Å². The Bertz CT molecular complexity index is 1170. The van der Waals surface area contributed by atoms with Gasteiger partial charge in [-0.3, -0.25) is 14.5 Å². The van der Waals surface area contributed by atoms with E-state index < -0.39 is 0 Å². The van der Waals surface area contributed by atoms with Gasteiger partial charge in [0.25, 0.3) is 0 Å². The van der Waals surface area contributed by atoms with Gasteiger partial charge in [-0.25, -0.2) is 9.59 Å². The van der Waals surface area contributed by atoms with Gasteiger partial charge in [-0.1, -0.05) is 10.6 Å². The fourth-order valence-electron chi connectivity index (χ4n) is 3.20. The number of nitrogens with zero attached hydrogens (tertiary/aromatic N) is 2. The van der Waals surface area contributed by atoms with E-state index in [1.807, 2.05) is 18.2 Å². The largest absolute Gasteiger partial charge is 1.00 e. The van der Waals surface area contributed by atoms with Crippen LogP contribution in [0.25, 0.3) is 20.5 Å². The van der Waals surface area contributed by atoms with Gasteiger partial charge in [-0.05, 0) is 35.2 Å². The summed E-state index contributed by atoms with van der Waals surface area (Å²) in [5.41, 5.74) is 1.48. The Morgan fingerprint density at radius 3 is 2.00 bits per heavy atom. The minimum atomic E-state index is -0.349. The first-order valence-electron chi connectivity index (χ1n) is 8.62. The van der Waals surface area contributed by atoms with E-state index in [1.54, 1.807) is 24.3 Å². The van der Waals surface area contributed by atoms with Gasteiger partial charge in [-0.15, -0.1) is 11.3 Å². The molecule has 1 aromatic carbocycles. The first-order valence-corrected chi connectivity index (χ1v) is 9.44. The number of carbonyl (C=O) groups is 4. The lowest BCUT2D eigenvalue weighted by Gasteiger charge is -2.18. The third kappa shape index (κ3) is 4.41. The molecule has 29 heavy (non-hydrogen) atoms. The van der Waals surface area contributed by atoms with E-state index >= 15 is 0 Å². The molecule has 0 saturated carbocycles. The minimum Gasteiger partial charge on any atom is -1.00 e. The molecule has 4 amide bonds. The standard InChI is InChI=1S/C21H19N2O4S.ClH/c1-12(24)22(13(2)25)18-7-5-16-9-17-6-8-19(23(14(3)26)15(4)27)11-21(17)28-20(16)10-18;/h5-11H,1-4H3;1H/q+1;/p-1. The Balaban J connectivity index is 0.00000300. The zero-order valence-electron chi connectivity index (χ0n) is 16.4. The van der Waals surface area contributed by atoms with Crippen LogP contribution in [0, 0.1) is 0 Å². The highest BCUT2D eigenvalue weighted by atomic mass is 35.5. The molecule has 1 aromatic rings. The van der Waals surface area contributed by atoms with Crippen LogP contribution in [0.2, 0.25) is 0 Å². The predicted octanol–water partition coefficient (Wildman–Crippen LogP) is -0.225. The number of halogens is 1. The molecule has 2 aliphatic rings. The Morgan fingerprint density at radius 2 is 1.45 bits per heavy atom. The number of fused-ring (bicyclic) bond motifs is 2. The molecule has 0 atom stereocenters. The second-order valence-corrected chi connectivity index (χ2v) is 7.52. The maximum absolute atomic E-state index is 11.8. The molecule has 6 nitrogen and oxygen atoms in total. The van der Waals surface area contributed by atoms with Crippen LogP contribution in [0.15, 0.2) is 42.5 Å². The summed E-state index contributed by atoms with van der Waals surface area (Å²) >= 11 is 1.46. The van der Waals surface area contributed by atoms with Crippen molar-refractivity contribution in [3.63, 3.8) is 0 Å². The van der Waals surface area contributed by atoms with E-state index in [-0.39, 0.29) is 36.0 Å². The van der Waals surface area contributed by atoms with Crippen molar-refractivity contribution in [2.24, 2.45) is 0 Å². The number of anilines is 1. The van der Waals surface area contributed by atoms with Crippen molar-refractivity contribution in [3.05, 3.63) is 47.8 Å². The molecular weight excluding hydrogens is 412 g/mol. The van der Waals surface area contributed by atoms with Crippen LogP contribution < -0.4 is 27.2 Å². The van der Waals surface area contributed by atoms with Gasteiger partial charge in [0.2, 0.25) is 17.2 Å². The summed E-state index contributed by atoms with van der Waals surface area (Å²) in [6.07, 6.45) is 0. The summed E-state index contributed by atoms with van der Waals surface area (Å²) in [6.45, 7) is 5.39. The van der Waals surface area contributed by atoms with E-state index in [0.717, 1.165) is 30.0 Å². The average Bonchev–Trinajstić information content (AvgIpc) is 2.58. The van der Waals surface area contributed by atoms with Gasteiger partial charge in [0.1, 0.15) is 0 Å². The zero-order valence-corrected chi connectivity index (χ0v) is 17.9. The molecule has 0 fully saturated rings. The van der Waals surface area contributed by atoms with Gasteiger partial charge in [0.15, 0.2) is 0 Å². The topological polar surface area (TPSA) is 74.5 Å². The van der Waals surface area contributed by atoms with Gasteiger partial charge in [0.05, 0.1) is 19.5 Å². The molecular formula is C21H19ClN2O4S. The van der Waals surface area contributed by atoms with E-state index in [0.29, 0.717) is 11.0 Å². The van der Waals surface area contributed by atoms with Crippen LogP contribution in [0.5, 0.6) is 0 Å². The fourth-order valence-corrected chi connectivity index (χ4v) is 4.28. The third-order valence-corrected chi connectivity index (χ3v) is 5.45. The number of hydrogen-bond donors (Lipinski definition) is 0. The van der Waals surface area contributed by atoms with E-state index in [4.69, 9.17) is 0 Å². The second kappa shape index (κ2) is 8.63. The van der Waals surface area contributed by atoms with Crippen molar-refractivity contribution in [3.8, 4) is 10.4 Å². The van der Waals surface area contributed by atoms with E-state index in [2.05, 4.69) is 0 Å². The van der Waals surface area contributed by atoms with Crippen LogP contribution >= 0.6 is 11.3 Å². The Morgan fingerprint density at radius 1 is 0.828 bits per heavy atom.